The largest absolute Gasteiger partial charge is 0.388 e. The van der Waals surface area contributed by atoms with Crippen molar-refractivity contribution < 1.29 is 5.11 Å². The molecule has 2 rings (SSSR count). The van der Waals surface area contributed by atoms with E-state index in [0.717, 1.165) is 31.5 Å². The van der Waals surface area contributed by atoms with Crippen LogP contribution in [0.3, 0.4) is 0 Å². The molecule has 0 spiro atoms. The Balaban J connectivity index is 2.00. The first-order chi connectivity index (χ1) is 8.13. The minimum Gasteiger partial charge on any atom is -0.388 e. The first kappa shape index (κ1) is 12.6. The lowest BCUT2D eigenvalue weighted by atomic mass is 9.89. The van der Waals surface area contributed by atoms with Gasteiger partial charge in [0.1, 0.15) is 0 Å². The predicted molar refractivity (Wildman–Crippen MR) is 68.0 cm³/mol. The lowest BCUT2D eigenvalue weighted by Crippen LogP contribution is -2.47. The van der Waals surface area contributed by atoms with Gasteiger partial charge in [-0.25, -0.2) is 0 Å². The van der Waals surface area contributed by atoms with Crippen molar-refractivity contribution in [2.75, 3.05) is 13.1 Å². The van der Waals surface area contributed by atoms with E-state index in [0.29, 0.717) is 19.0 Å². The van der Waals surface area contributed by atoms with E-state index in [4.69, 9.17) is 0 Å². The number of piperidine rings is 1. The third kappa shape index (κ3) is 3.07. The second-order valence-corrected chi connectivity index (χ2v) is 5.23. The predicted octanol–water partition coefficient (Wildman–Crippen LogP) is 1.51. The summed E-state index contributed by atoms with van der Waals surface area (Å²) in [5.74, 6) is 0. The molecule has 2 N–H and O–H groups in total. The van der Waals surface area contributed by atoms with Crippen LogP contribution in [-0.2, 0) is 6.42 Å². The Kier molecular flexibility index (Phi) is 3.84. The van der Waals surface area contributed by atoms with Gasteiger partial charge in [0.25, 0.3) is 0 Å². The quantitative estimate of drug-likeness (QED) is 0.834. The van der Waals surface area contributed by atoms with E-state index in [1.54, 1.807) is 0 Å². The molecule has 0 aromatic carbocycles. The number of aromatic nitrogens is 2. The van der Waals surface area contributed by atoms with Crippen LogP contribution in [0.4, 0.5) is 0 Å². The zero-order valence-electron chi connectivity index (χ0n) is 10.8. The van der Waals surface area contributed by atoms with E-state index in [9.17, 15) is 5.11 Å². The fourth-order valence-electron chi connectivity index (χ4n) is 2.34. The molecule has 4 nitrogen and oxygen atoms in total. The number of nitrogens with zero attached hydrogens (tertiary/aromatic N) is 2. The number of nitrogens with one attached hydrogen (secondary N) is 1. The van der Waals surface area contributed by atoms with Gasteiger partial charge < -0.3 is 10.4 Å². The van der Waals surface area contributed by atoms with Gasteiger partial charge in [0, 0.05) is 25.2 Å². The molecule has 0 amide bonds. The molecule has 0 radical (unpaired) electrons. The Bertz CT molecular complexity index is 355. The summed E-state index contributed by atoms with van der Waals surface area (Å²) in [6.07, 6.45) is 5.66. The van der Waals surface area contributed by atoms with Crippen molar-refractivity contribution in [1.82, 2.24) is 15.1 Å². The van der Waals surface area contributed by atoms with Crippen LogP contribution < -0.4 is 5.32 Å². The highest BCUT2D eigenvalue weighted by Crippen LogP contribution is 2.21. The van der Waals surface area contributed by atoms with Crippen LogP contribution in [0.5, 0.6) is 0 Å². The molecule has 1 aromatic rings. The standard InChI is InChI=1S/C13H23N3O/c1-3-11(2)16-8-5-12(15-16)9-13(17)6-4-7-14-10-13/h5,8,11,14,17H,3-4,6-7,9-10H2,1-2H3. The van der Waals surface area contributed by atoms with E-state index >= 15 is 0 Å². The molecule has 17 heavy (non-hydrogen) atoms. The van der Waals surface area contributed by atoms with Crippen molar-refractivity contribution in [2.24, 2.45) is 0 Å². The molecular formula is C13H23N3O. The monoisotopic (exact) mass is 237 g/mol. The van der Waals surface area contributed by atoms with Crippen molar-refractivity contribution in [3.63, 3.8) is 0 Å². The molecule has 2 atom stereocenters. The first-order valence-corrected chi connectivity index (χ1v) is 6.60. The molecule has 96 valence electrons. The molecule has 1 aliphatic heterocycles. The van der Waals surface area contributed by atoms with Gasteiger partial charge >= 0.3 is 0 Å². The lowest BCUT2D eigenvalue weighted by Gasteiger charge is -2.32. The maximum absolute atomic E-state index is 10.4. The van der Waals surface area contributed by atoms with E-state index in [1.807, 2.05) is 16.9 Å². The fraction of sp³-hybridized carbons (Fsp3) is 0.769. The average Bonchev–Trinajstić information content (AvgIpc) is 2.76. The van der Waals surface area contributed by atoms with Gasteiger partial charge in [0.15, 0.2) is 0 Å². The second kappa shape index (κ2) is 5.19. The normalized spacial score (nSPS) is 27.0. The first-order valence-electron chi connectivity index (χ1n) is 6.60. The fourth-order valence-corrected chi connectivity index (χ4v) is 2.34. The second-order valence-electron chi connectivity index (χ2n) is 5.23. The lowest BCUT2D eigenvalue weighted by molar-refractivity contribution is 0.0159. The zero-order chi connectivity index (χ0) is 12.3. The average molecular weight is 237 g/mol. The molecule has 0 aliphatic carbocycles. The summed E-state index contributed by atoms with van der Waals surface area (Å²) in [6, 6.07) is 2.46. The van der Waals surface area contributed by atoms with E-state index in [2.05, 4.69) is 24.3 Å². The maximum Gasteiger partial charge on any atom is 0.0827 e. The Hall–Kier alpha value is -0.870. The van der Waals surface area contributed by atoms with Crippen molar-refractivity contribution in [2.45, 2.75) is 51.2 Å². The molecule has 1 fully saturated rings. The molecule has 0 bridgehead atoms. The SMILES string of the molecule is CCC(C)n1ccc(CC2(O)CCCNC2)n1. The van der Waals surface area contributed by atoms with Crippen molar-refractivity contribution >= 4 is 0 Å². The van der Waals surface area contributed by atoms with Crippen LogP contribution in [0.2, 0.25) is 0 Å². The summed E-state index contributed by atoms with van der Waals surface area (Å²) >= 11 is 0. The number of hydrogen-bond acceptors (Lipinski definition) is 3. The summed E-state index contributed by atoms with van der Waals surface area (Å²) in [5, 5.41) is 18.2. The summed E-state index contributed by atoms with van der Waals surface area (Å²) in [4.78, 5) is 0. The summed E-state index contributed by atoms with van der Waals surface area (Å²) in [7, 11) is 0. The van der Waals surface area contributed by atoms with Gasteiger partial charge in [-0.3, -0.25) is 4.68 Å². The molecule has 2 heterocycles. The molecule has 1 aliphatic rings. The highest BCUT2D eigenvalue weighted by molar-refractivity contribution is 5.06. The summed E-state index contributed by atoms with van der Waals surface area (Å²) in [5.41, 5.74) is 0.392. The van der Waals surface area contributed by atoms with Crippen LogP contribution >= 0.6 is 0 Å². The third-order valence-electron chi connectivity index (χ3n) is 3.67. The van der Waals surface area contributed by atoms with Crippen LogP contribution in [-0.4, -0.2) is 33.6 Å². The molecular weight excluding hydrogens is 214 g/mol. The van der Waals surface area contributed by atoms with Gasteiger partial charge in [0.05, 0.1) is 11.3 Å². The number of β-amino-alcohol motifs (C(OH)–C–C–N with tert-alkyl or cyclic N) is 1. The van der Waals surface area contributed by atoms with E-state index in [1.165, 1.54) is 0 Å². The molecule has 1 saturated heterocycles. The Morgan fingerprint density at radius 1 is 1.65 bits per heavy atom. The highest BCUT2D eigenvalue weighted by Gasteiger charge is 2.30. The van der Waals surface area contributed by atoms with E-state index < -0.39 is 5.60 Å². The minimum atomic E-state index is -0.604. The Morgan fingerprint density at radius 3 is 3.12 bits per heavy atom. The number of aliphatic hydroxyl groups is 1. The Labute approximate surface area is 103 Å². The smallest absolute Gasteiger partial charge is 0.0827 e. The van der Waals surface area contributed by atoms with Crippen LogP contribution in [0.1, 0.15) is 44.8 Å². The van der Waals surface area contributed by atoms with Gasteiger partial charge in [-0.2, -0.15) is 5.10 Å². The van der Waals surface area contributed by atoms with Crippen LogP contribution in [0.15, 0.2) is 12.3 Å². The van der Waals surface area contributed by atoms with Crippen LogP contribution in [0.25, 0.3) is 0 Å². The third-order valence-corrected chi connectivity index (χ3v) is 3.67. The molecule has 4 heteroatoms. The number of hydrogen-bond donors (Lipinski definition) is 2. The van der Waals surface area contributed by atoms with Gasteiger partial charge in [-0.15, -0.1) is 0 Å². The molecule has 0 saturated carbocycles. The number of rotatable bonds is 4. The van der Waals surface area contributed by atoms with Crippen molar-refractivity contribution in [1.29, 1.82) is 0 Å². The van der Waals surface area contributed by atoms with Crippen molar-refractivity contribution in [3.8, 4) is 0 Å². The van der Waals surface area contributed by atoms with Crippen molar-refractivity contribution in [3.05, 3.63) is 18.0 Å². The minimum absolute atomic E-state index is 0.433. The van der Waals surface area contributed by atoms with Gasteiger partial charge in [-0.1, -0.05) is 6.92 Å². The molecule has 2 unspecified atom stereocenters. The highest BCUT2D eigenvalue weighted by atomic mass is 16.3. The molecule has 1 aromatic heterocycles. The van der Waals surface area contributed by atoms with Gasteiger partial charge in [-0.05, 0) is 38.8 Å². The Morgan fingerprint density at radius 2 is 2.47 bits per heavy atom. The summed E-state index contributed by atoms with van der Waals surface area (Å²) in [6.45, 7) is 6.02. The topological polar surface area (TPSA) is 50.1 Å². The van der Waals surface area contributed by atoms with Crippen LogP contribution in [0, 0.1) is 0 Å². The maximum atomic E-state index is 10.4. The van der Waals surface area contributed by atoms with E-state index in [-0.39, 0.29) is 0 Å². The van der Waals surface area contributed by atoms with Gasteiger partial charge in [0.2, 0.25) is 0 Å². The summed E-state index contributed by atoms with van der Waals surface area (Å²) < 4.78 is 1.99. The zero-order valence-corrected chi connectivity index (χ0v) is 10.8.